The van der Waals surface area contributed by atoms with Crippen LogP contribution in [0.1, 0.15) is 57.6 Å². The van der Waals surface area contributed by atoms with Crippen molar-refractivity contribution in [2.75, 3.05) is 6.54 Å². The van der Waals surface area contributed by atoms with Crippen LogP contribution in [0.3, 0.4) is 0 Å². The number of nitrogens with zero attached hydrogens (tertiary/aromatic N) is 1. The predicted molar refractivity (Wildman–Crippen MR) is 99.7 cm³/mol. The summed E-state index contributed by atoms with van der Waals surface area (Å²) < 4.78 is 74.8. The van der Waals surface area contributed by atoms with Crippen molar-refractivity contribution in [1.29, 1.82) is 0 Å². The summed E-state index contributed by atoms with van der Waals surface area (Å²) in [5.74, 6) is -0.309. The first-order chi connectivity index (χ1) is 13.3. The Hall–Kier alpha value is -1.30. The van der Waals surface area contributed by atoms with E-state index in [4.69, 9.17) is 0 Å². The molecule has 0 aliphatic heterocycles. The van der Waals surface area contributed by atoms with Gasteiger partial charge in [0.2, 0.25) is 0 Å². The largest absolute Gasteiger partial charge is 0.511 e. The van der Waals surface area contributed by atoms with E-state index in [9.17, 15) is 31.1 Å². The highest BCUT2D eigenvalue weighted by molar-refractivity contribution is 7.90. The molecule has 166 valence electrons. The van der Waals surface area contributed by atoms with Crippen molar-refractivity contribution in [1.82, 2.24) is 15.0 Å². The first-order valence-corrected chi connectivity index (χ1v) is 10.9. The summed E-state index contributed by atoms with van der Waals surface area (Å²) in [6.45, 7) is 4.09. The van der Waals surface area contributed by atoms with Crippen molar-refractivity contribution < 1.29 is 31.1 Å². The van der Waals surface area contributed by atoms with Crippen LogP contribution >= 0.6 is 0 Å². The molecule has 1 atom stereocenters. The van der Waals surface area contributed by atoms with E-state index in [1.807, 2.05) is 13.8 Å². The molecule has 29 heavy (non-hydrogen) atoms. The molecule has 1 fully saturated rings. The van der Waals surface area contributed by atoms with Gasteiger partial charge in [-0.3, -0.25) is 4.98 Å². The summed E-state index contributed by atoms with van der Waals surface area (Å²) in [4.78, 5) is 3.71. The Morgan fingerprint density at radius 1 is 1.21 bits per heavy atom. The molecule has 1 aliphatic rings. The van der Waals surface area contributed by atoms with Crippen molar-refractivity contribution in [2.45, 2.75) is 69.1 Å². The second-order valence-electron chi connectivity index (χ2n) is 8.21. The van der Waals surface area contributed by atoms with Gasteiger partial charge in [-0.05, 0) is 57.9 Å². The van der Waals surface area contributed by atoms with Gasteiger partial charge in [0.05, 0.1) is 12.3 Å². The van der Waals surface area contributed by atoms with Crippen molar-refractivity contribution in [2.24, 2.45) is 5.92 Å². The van der Waals surface area contributed by atoms with Crippen molar-refractivity contribution in [3.8, 4) is 0 Å². The Bertz CT molecular complexity index is 779. The van der Waals surface area contributed by atoms with E-state index >= 15 is 0 Å². The summed E-state index contributed by atoms with van der Waals surface area (Å²) in [6.07, 6.45) is 4.12. The van der Waals surface area contributed by atoms with E-state index in [0.29, 0.717) is 37.7 Å². The fourth-order valence-electron chi connectivity index (χ4n) is 3.67. The zero-order valence-electron chi connectivity index (χ0n) is 16.3. The molecule has 0 radical (unpaired) electrons. The SMILES string of the molecule is CC(C)(CC1CCC(NS(=O)(=O)C(F)(F)F)CC1)NC[C@H](O)c1cncc(F)c1. The van der Waals surface area contributed by atoms with Gasteiger partial charge >= 0.3 is 15.5 Å². The van der Waals surface area contributed by atoms with Crippen LogP contribution in [0, 0.1) is 11.7 Å². The highest BCUT2D eigenvalue weighted by Gasteiger charge is 2.47. The Kier molecular flexibility index (Phi) is 7.63. The fraction of sp³-hybridized carbons (Fsp3) is 0.722. The van der Waals surface area contributed by atoms with E-state index in [1.54, 1.807) is 4.72 Å². The maximum atomic E-state index is 13.2. The summed E-state index contributed by atoms with van der Waals surface area (Å²) in [6, 6.07) is 0.506. The van der Waals surface area contributed by atoms with Crippen LogP contribution in [0.15, 0.2) is 18.5 Å². The Balaban J connectivity index is 1.80. The molecule has 0 aromatic carbocycles. The van der Waals surface area contributed by atoms with Gasteiger partial charge < -0.3 is 10.4 Å². The fourth-order valence-corrected chi connectivity index (χ4v) is 4.47. The van der Waals surface area contributed by atoms with Crippen molar-refractivity contribution >= 4 is 10.0 Å². The molecule has 1 aromatic heterocycles. The molecule has 3 N–H and O–H groups in total. The summed E-state index contributed by atoms with van der Waals surface area (Å²) in [7, 11) is -5.32. The Morgan fingerprint density at radius 3 is 2.38 bits per heavy atom. The maximum Gasteiger partial charge on any atom is 0.511 e. The zero-order valence-corrected chi connectivity index (χ0v) is 17.2. The molecule has 1 heterocycles. The number of hydrogen-bond donors (Lipinski definition) is 3. The second kappa shape index (κ2) is 9.23. The number of pyridine rings is 1. The minimum atomic E-state index is -5.32. The molecule has 0 amide bonds. The molecule has 0 bridgehead atoms. The lowest BCUT2D eigenvalue weighted by molar-refractivity contribution is -0.0452. The van der Waals surface area contributed by atoms with Gasteiger partial charge in [0, 0.05) is 29.9 Å². The van der Waals surface area contributed by atoms with E-state index in [0.717, 1.165) is 6.20 Å². The lowest BCUT2D eigenvalue weighted by atomic mass is 9.79. The van der Waals surface area contributed by atoms with E-state index in [1.165, 1.54) is 12.3 Å². The topological polar surface area (TPSA) is 91.3 Å². The highest BCUT2D eigenvalue weighted by Crippen LogP contribution is 2.32. The molecular formula is C18H27F4N3O3S. The number of alkyl halides is 3. The van der Waals surface area contributed by atoms with Crippen LogP contribution in [0.2, 0.25) is 0 Å². The quantitative estimate of drug-likeness (QED) is 0.540. The molecule has 0 unspecified atom stereocenters. The van der Waals surface area contributed by atoms with Gasteiger partial charge in [-0.15, -0.1) is 0 Å². The number of aliphatic hydroxyl groups is 1. The minimum Gasteiger partial charge on any atom is -0.387 e. The average molecular weight is 441 g/mol. The smallest absolute Gasteiger partial charge is 0.387 e. The lowest BCUT2D eigenvalue weighted by Gasteiger charge is -2.35. The van der Waals surface area contributed by atoms with E-state index in [2.05, 4.69) is 10.3 Å². The van der Waals surface area contributed by atoms with Crippen molar-refractivity contribution in [3.63, 3.8) is 0 Å². The standard InChI is InChI=1S/C18H27F4N3O3S/c1-17(2,24-11-16(26)13-7-14(19)10-23-9-13)8-12-3-5-15(6-4-12)25-29(27,28)18(20,21)22/h7,9-10,12,15-16,24-26H,3-6,8,11H2,1-2H3/t12?,15?,16-/m0/s1. The molecule has 6 nitrogen and oxygen atoms in total. The number of aliphatic hydroxyl groups excluding tert-OH is 1. The van der Waals surface area contributed by atoms with Crippen LogP contribution < -0.4 is 10.0 Å². The van der Waals surface area contributed by atoms with Crippen LogP contribution in [0.5, 0.6) is 0 Å². The average Bonchev–Trinajstić information content (AvgIpc) is 2.60. The molecule has 0 saturated heterocycles. The van der Waals surface area contributed by atoms with Crippen LogP contribution in [-0.4, -0.2) is 42.1 Å². The minimum absolute atomic E-state index is 0.193. The number of hydrogen-bond acceptors (Lipinski definition) is 5. The predicted octanol–water partition coefficient (Wildman–Crippen LogP) is 3.01. The van der Waals surface area contributed by atoms with Crippen LogP contribution in [-0.2, 0) is 10.0 Å². The molecule has 2 rings (SSSR count). The monoisotopic (exact) mass is 441 g/mol. The maximum absolute atomic E-state index is 13.2. The van der Waals surface area contributed by atoms with E-state index < -0.39 is 33.5 Å². The molecule has 1 aromatic rings. The number of aromatic nitrogens is 1. The van der Waals surface area contributed by atoms with E-state index in [-0.39, 0.29) is 18.0 Å². The zero-order chi connectivity index (χ0) is 21.9. The molecule has 0 spiro atoms. The second-order valence-corrected chi connectivity index (χ2v) is 9.91. The normalized spacial score (nSPS) is 22.4. The molecular weight excluding hydrogens is 414 g/mol. The van der Waals surface area contributed by atoms with Gasteiger partial charge in [0.15, 0.2) is 0 Å². The third-order valence-electron chi connectivity index (χ3n) is 5.16. The summed E-state index contributed by atoms with van der Waals surface area (Å²) in [5.41, 5.74) is -5.30. The number of β-amino-alcohol motifs (C(OH)–C–C–N with tert-alkyl or cyclic N) is 1. The summed E-state index contributed by atoms with van der Waals surface area (Å²) >= 11 is 0. The van der Waals surface area contributed by atoms with Gasteiger partial charge in [0.25, 0.3) is 0 Å². The third-order valence-corrected chi connectivity index (χ3v) is 6.41. The van der Waals surface area contributed by atoms with Gasteiger partial charge in [-0.2, -0.15) is 13.2 Å². The molecule has 11 heteroatoms. The highest BCUT2D eigenvalue weighted by atomic mass is 32.2. The van der Waals surface area contributed by atoms with Crippen LogP contribution in [0.25, 0.3) is 0 Å². The van der Waals surface area contributed by atoms with Gasteiger partial charge in [0.1, 0.15) is 5.82 Å². The third kappa shape index (κ3) is 7.16. The first-order valence-electron chi connectivity index (χ1n) is 9.41. The lowest BCUT2D eigenvalue weighted by Crippen LogP contribution is -2.46. The van der Waals surface area contributed by atoms with Crippen molar-refractivity contribution in [3.05, 3.63) is 29.8 Å². The summed E-state index contributed by atoms with van der Waals surface area (Å²) in [5, 5.41) is 13.4. The van der Waals surface area contributed by atoms with Gasteiger partial charge in [-0.1, -0.05) is 0 Å². The number of rotatable bonds is 8. The number of sulfonamides is 1. The first kappa shape index (κ1) is 24.0. The van der Waals surface area contributed by atoms with Crippen LogP contribution in [0.4, 0.5) is 17.6 Å². The van der Waals surface area contributed by atoms with Gasteiger partial charge in [-0.25, -0.2) is 17.5 Å². The number of halogens is 4. The molecule has 1 saturated carbocycles. The molecule has 1 aliphatic carbocycles. The Morgan fingerprint density at radius 2 is 1.83 bits per heavy atom. The number of nitrogens with one attached hydrogen (secondary N) is 2. The Labute approximate surface area is 168 Å².